The minimum Gasteiger partial charge on any atom is -0.360 e. The average molecular weight is 438 g/mol. The number of carbonyl (C=O) groups excluding carboxylic acids is 1. The van der Waals surface area contributed by atoms with Crippen LogP contribution in [0.2, 0.25) is 0 Å². The average Bonchev–Trinajstić information content (AvgIpc) is 3.32. The van der Waals surface area contributed by atoms with Gasteiger partial charge in [-0.3, -0.25) is 14.7 Å². The Bertz CT molecular complexity index is 1120. The van der Waals surface area contributed by atoms with Gasteiger partial charge in [-0.05, 0) is 30.5 Å². The molecule has 5 heterocycles. The molecule has 0 radical (unpaired) electrons. The summed E-state index contributed by atoms with van der Waals surface area (Å²) in [4.78, 5) is 28.0. The molecule has 2 atom stereocenters. The highest BCUT2D eigenvalue weighted by Gasteiger charge is 2.45. The number of likely N-dealkylation sites (tertiary alicyclic amines) is 2. The minimum absolute atomic E-state index is 0.0734. The highest BCUT2D eigenvalue weighted by Crippen LogP contribution is 2.37. The van der Waals surface area contributed by atoms with Gasteiger partial charge in [0.2, 0.25) is 5.91 Å². The van der Waals surface area contributed by atoms with Gasteiger partial charge in [-0.2, -0.15) is 0 Å². The molecule has 6 nitrogen and oxygen atoms in total. The highest BCUT2D eigenvalue weighted by atomic mass is 32.1. The Morgan fingerprint density at radius 3 is 2.71 bits per heavy atom. The van der Waals surface area contributed by atoms with Crippen LogP contribution in [0.25, 0.3) is 10.2 Å². The third-order valence-corrected chi connectivity index (χ3v) is 7.88. The van der Waals surface area contributed by atoms with Crippen molar-refractivity contribution in [1.29, 1.82) is 0 Å². The third kappa shape index (κ3) is 3.29. The SMILES string of the molecule is O=C(C1CN(Cc2cccc3ncsc23)C1)N1CC2CCC(C1)N2c1ccncc1F. The van der Waals surface area contributed by atoms with E-state index >= 15 is 0 Å². The van der Waals surface area contributed by atoms with Crippen molar-refractivity contribution < 1.29 is 9.18 Å². The molecule has 2 bridgehead atoms. The number of thiazole rings is 1. The van der Waals surface area contributed by atoms with E-state index < -0.39 is 0 Å². The normalized spacial score (nSPS) is 24.0. The molecule has 31 heavy (non-hydrogen) atoms. The van der Waals surface area contributed by atoms with Crippen molar-refractivity contribution in [2.75, 3.05) is 31.1 Å². The number of carbonyl (C=O) groups is 1. The van der Waals surface area contributed by atoms with Crippen LogP contribution in [0, 0.1) is 11.7 Å². The predicted octanol–water partition coefficient (Wildman–Crippen LogP) is 3.14. The predicted molar refractivity (Wildman–Crippen MR) is 118 cm³/mol. The Balaban J connectivity index is 1.08. The molecular weight excluding hydrogens is 413 g/mol. The Labute approximate surface area is 184 Å². The lowest BCUT2D eigenvalue weighted by molar-refractivity contribution is -0.142. The van der Waals surface area contributed by atoms with Crippen LogP contribution in [-0.4, -0.2) is 63.9 Å². The van der Waals surface area contributed by atoms with Crippen molar-refractivity contribution in [3.05, 3.63) is 53.6 Å². The molecule has 1 amide bonds. The number of piperazine rings is 1. The number of hydrogen-bond acceptors (Lipinski definition) is 6. The van der Waals surface area contributed by atoms with Gasteiger partial charge in [0.1, 0.15) is 0 Å². The maximum absolute atomic E-state index is 14.3. The van der Waals surface area contributed by atoms with Gasteiger partial charge in [-0.15, -0.1) is 11.3 Å². The lowest BCUT2D eigenvalue weighted by Gasteiger charge is -2.46. The number of nitrogens with zero attached hydrogens (tertiary/aromatic N) is 5. The lowest BCUT2D eigenvalue weighted by Crippen LogP contribution is -2.60. The first-order chi connectivity index (χ1) is 15.2. The van der Waals surface area contributed by atoms with E-state index in [1.165, 1.54) is 16.5 Å². The van der Waals surface area contributed by atoms with Crippen molar-refractivity contribution in [3.8, 4) is 0 Å². The van der Waals surface area contributed by atoms with Gasteiger partial charge in [0.05, 0.1) is 33.5 Å². The number of amides is 1. The maximum atomic E-state index is 14.3. The van der Waals surface area contributed by atoms with E-state index in [0.717, 1.165) is 38.0 Å². The zero-order valence-electron chi connectivity index (χ0n) is 17.2. The molecule has 160 valence electrons. The van der Waals surface area contributed by atoms with E-state index in [4.69, 9.17) is 0 Å². The first-order valence-electron chi connectivity index (χ1n) is 10.9. The number of hydrogen-bond donors (Lipinski definition) is 0. The largest absolute Gasteiger partial charge is 0.360 e. The molecule has 3 fully saturated rings. The van der Waals surface area contributed by atoms with Gasteiger partial charge < -0.3 is 9.80 Å². The zero-order valence-corrected chi connectivity index (χ0v) is 18.0. The fraction of sp³-hybridized carbons (Fsp3) is 0.435. The number of aromatic nitrogens is 2. The van der Waals surface area contributed by atoms with Gasteiger partial charge in [0.15, 0.2) is 5.82 Å². The summed E-state index contributed by atoms with van der Waals surface area (Å²) in [5.74, 6) is 0.0630. The van der Waals surface area contributed by atoms with E-state index in [0.29, 0.717) is 18.8 Å². The molecule has 3 aromatic rings. The molecule has 1 aromatic carbocycles. The zero-order chi connectivity index (χ0) is 20.9. The van der Waals surface area contributed by atoms with Gasteiger partial charge in [0.25, 0.3) is 0 Å². The first kappa shape index (κ1) is 19.1. The van der Waals surface area contributed by atoms with Crippen molar-refractivity contribution in [3.63, 3.8) is 0 Å². The number of halogens is 1. The summed E-state index contributed by atoms with van der Waals surface area (Å²) in [7, 11) is 0. The van der Waals surface area contributed by atoms with Crippen LogP contribution in [0.1, 0.15) is 18.4 Å². The Morgan fingerprint density at radius 1 is 1.13 bits per heavy atom. The van der Waals surface area contributed by atoms with E-state index in [1.54, 1.807) is 23.6 Å². The summed E-state index contributed by atoms with van der Waals surface area (Å²) >= 11 is 1.68. The summed E-state index contributed by atoms with van der Waals surface area (Å²) in [5.41, 5.74) is 4.86. The Hall–Kier alpha value is -2.58. The van der Waals surface area contributed by atoms with Crippen LogP contribution in [0.4, 0.5) is 10.1 Å². The molecule has 2 unspecified atom stereocenters. The van der Waals surface area contributed by atoms with Crippen molar-refractivity contribution in [2.24, 2.45) is 5.92 Å². The van der Waals surface area contributed by atoms with Crippen LogP contribution in [0.5, 0.6) is 0 Å². The molecule has 0 aliphatic carbocycles. The minimum atomic E-state index is -0.273. The molecule has 3 aliphatic rings. The van der Waals surface area contributed by atoms with Crippen molar-refractivity contribution >= 4 is 33.1 Å². The molecule has 0 saturated carbocycles. The first-order valence-corrected chi connectivity index (χ1v) is 11.8. The van der Waals surface area contributed by atoms with Crippen molar-refractivity contribution in [1.82, 2.24) is 19.8 Å². The van der Waals surface area contributed by atoms with E-state index in [2.05, 4.69) is 31.9 Å². The quantitative estimate of drug-likeness (QED) is 0.628. The molecule has 6 rings (SSSR count). The Morgan fingerprint density at radius 2 is 1.94 bits per heavy atom. The van der Waals surface area contributed by atoms with Gasteiger partial charge in [-0.1, -0.05) is 12.1 Å². The van der Waals surface area contributed by atoms with Crippen LogP contribution < -0.4 is 4.90 Å². The molecule has 3 aliphatic heterocycles. The number of rotatable bonds is 4. The monoisotopic (exact) mass is 437 g/mol. The molecule has 0 spiro atoms. The molecule has 3 saturated heterocycles. The summed E-state index contributed by atoms with van der Waals surface area (Å²) in [6.07, 6.45) is 4.94. The molecule has 2 aromatic heterocycles. The Kier molecular flexibility index (Phi) is 4.65. The maximum Gasteiger partial charge on any atom is 0.228 e. The van der Waals surface area contributed by atoms with E-state index in [1.807, 2.05) is 16.5 Å². The fourth-order valence-electron chi connectivity index (χ4n) is 5.48. The lowest BCUT2D eigenvalue weighted by atomic mass is 9.96. The summed E-state index contributed by atoms with van der Waals surface area (Å²) in [5, 5.41) is 0. The van der Waals surface area contributed by atoms with Crippen molar-refractivity contribution in [2.45, 2.75) is 31.5 Å². The fourth-order valence-corrected chi connectivity index (χ4v) is 6.27. The second kappa shape index (κ2) is 7.53. The second-order valence-electron chi connectivity index (χ2n) is 8.87. The smallest absolute Gasteiger partial charge is 0.228 e. The number of anilines is 1. The second-order valence-corrected chi connectivity index (χ2v) is 9.73. The summed E-state index contributed by atoms with van der Waals surface area (Å²) < 4.78 is 15.5. The highest BCUT2D eigenvalue weighted by molar-refractivity contribution is 7.16. The van der Waals surface area contributed by atoms with Gasteiger partial charge in [-0.25, -0.2) is 9.37 Å². The summed E-state index contributed by atoms with van der Waals surface area (Å²) in [6, 6.07) is 8.40. The number of benzene rings is 1. The van der Waals surface area contributed by atoms with Crippen LogP contribution in [-0.2, 0) is 11.3 Å². The van der Waals surface area contributed by atoms with Crippen LogP contribution >= 0.6 is 11.3 Å². The molecule has 0 N–H and O–H groups in total. The van der Waals surface area contributed by atoms with E-state index in [9.17, 15) is 9.18 Å². The van der Waals surface area contributed by atoms with E-state index in [-0.39, 0.29) is 29.7 Å². The molecular formula is C23H24FN5OS. The topological polar surface area (TPSA) is 52.6 Å². The number of pyridine rings is 1. The van der Waals surface area contributed by atoms with Gasteiger partial charge in [0, 0.05) is 51.0 Å². The van der Waals surface area contributed by atoms with Crippen LogP contribution in [0.3, 0.4) is 0 Å². The van der Waals surface area contributed by atoms with Gasteiger partial charge >= 0.3 is 0 Å². The number of fused-ring (bicyclic) bond motifs is 3. The third-order valence-electron chi connectivity index (χ3n) is 6.96. The van der Waals surface area contributed by atoms with Crippen LogP contribution in [0.15, 0.2) is 42.2 Å². The molecule has 8 heteroatoms. The summed E-state index contributed by atoms with van der Waals surface area (Å²) in [6.45, 7) is 3.86. The standard InChI is InChI=1S/C23H24FN5OS/c24-19-8-25-7-6-21(19)29-17-4-5-18(29)13-28(12-17)23(30)16-10-27(11-16)9-15-2-1-3-20-22(15)31-14-26-20/h1-3,6-8,14,16-18H,4-5,9-13H2.